The lowest BCUT2D eigenvalue weighted by molar-refractivity contribution is -0.148. The van der Waals surface area contributed by atoms with Crippen LogP contribution in [0.3, 0.4) is 0 Å². The molecule has 0 bridgehead atoms. The minimum Gasteiger partial charge on any atom is -0.467 e. The summed E-state index contributed by atoms with van der Waals surface area (Å²) in [4.78, 5) is 34.7. The van der Waals surface area contributed by atoms with Crippen molar-refractivity contribution in [3.63, 3.8) is 0 Å². The third kappa shape index (κ3) is 6.35. The van der Waals surface area contributed by atoms with Crippen molar-refractivity contribution >= 4 is 23.5 Å². The summed E-state index contributed by atoms with van der Waals surface area (Å²) in [6.07, 6.45) is 1.40. The van der Waals surface area contributed by atoms with Gasteiger partial charge in [-0.1, -0.05) is 18.2 Å². The fourth-order valence-electron chi connectivity index (χ4n) is 1.84. The van der Waals surface area contributed by atoms with Gasteiger partial charge < -0.3 is 19.8 Å². The summed E-state index contributed by atoms with van der Waals surface area (Å²) in [5.74, 6) is -0.705. The van der Waals surface area contributed by atoms with Crippen LogP contribution in [0.25, 0.3) is 0 Å². The van der Waals surface area contributed by atoms with Crippen LogP contribution in [0.4, 0.5) is 5.69 Å². The third-order valence-electron chi connectivity index (χ3n) is 3.02. The number of ether oxygens (including phenoxy) is 1. The van der Waals surface area contributed by atoms with Gasteiger partial charge in [-0.05, 0) is 24.3 Å². The topological polar surface area (TPSA) is 97.6 Å². The predicted molar refractivity (Wildman–Crippen MR) is 85.8 cm³/mol. The maximum atomic E-state index is 11.6. The Hall–Kier alpha value is -3.09. The lowest BCUT2D eigenvalue weighted by Crippen LogP contribution is -2.24. The van der Waals surface area contributed by atoms with E-state index in [2.05, 4.69) is 10.6 Å². The molecule has 0 aliphatic rings. The molecule has 1 aromatic heterocycles. The van der Waals surface area contributed by atoms with Crippen LogP contribution >= 0.6 is 0 Å². The lowest BCUT2D eigenvalue weighted by atomic mass is 10.3. The Labute approximate surface area is 139 Å². The number of rotatable bonds is 8. The van der Waals surface area contributed by atoms with Crippen molar-refractivity contribution in [1.29, 1.82) is 0 Å². The quantitative estimate of drug-likeness (QED) is 0.720. The average Bonchev–Trinajstić information content (AvgIpc) is 3.10. The molecule has 1 heterocycles. The molecule has 0 aliphatic carbocycles. The van der Waals surface area contributed by atoms with Gasteiger partial charge in [0.15, 0.2) is 6.61 Å². The summed E-state index contributed by atoms with van der Waals surface area (Å²) in [6, 6.07) is 12.3. The number of hydrogen-bond donors (Lipinski definition) is 2. The van der Waals surface area contributed by atoms with Crippen LogP contribution in [0.2, 0.25) is 0 Å². The van der Waals surface area contributed by atoms with Gasteiger partial charge in [-0.3, -0.25) is 14.4 Å². The maximum absolute atomic E-state index is 11.6. The van der Waals surface area contributed by atoms with E-state index in [1.54, 1.807) is 36.4 Å². The van der Waals surface area contributed by atoms with E-state index >= 15 is 0 Å². The van der Waals surface area contributed by atoms with Crippen LogP contribution < -0.4 is 10.6 Å². The highest BCUT2D eigenvalue weighted by molar-refractivity contribution is 5.92. The first-order valence-electron chi connectivity index (χ1n) is 7.43. The highest BCUT2D eigenvalue weighted by Crippen LogP contribution is 2.04. The zero-order chi connectivity index (χ0) is 17.2. The van der Waals surface area contributed by atoms with Gasteiger partial charge >= 0.3 is 5.97 Å². The van der Waals surface area contributed by atoms with Crippen molar-refractivity contribution in [3.8, 4) is 0 Å². The van der Waals surface area contributed by atoms with E-state index in [1.165, 1.54) is 6.26 Å². The average molecular weight is 330 g/mol. The van der Waals surface area contributed by atoms with Gasteiger partial charge in [0, 0.05) is 12.1 Å². The number of amides is 2. The van der Waals surface area contributed by atoms with E-state index in [4.69, 9.17) is 9.15 Å². The molecule has 0 fully saturated rings. The first-order valence-corrected chi connectivity index (χ1v) is 7.43. The molecule has 2 aromatic rings. The Balaban J connectivity index is 1.59. The molecule has 0 atom stereocenters. The van der Waals surface area contributed by atoms with Gasteiger partial charge in [0.05, 0.1) is 19.2 Å². The molecule has 126 valence electrons. The number of furan rings is 1. The fraction of sp³-hybridized carbons (Fsp3) is 0.235. The SMILES string of the molecule is O=C(CCC(=O)OCC(=O)Nc1ccccc1)NCc1ccco1. The smallest absolute Gasteiger partial charge is 0.306 e. The van der Waals surface area contributed by atoms with Gasteiger partial charge in [-0.2, -0.15) is 0 Å². The summed E-state index contributed by atoms with van der Waals surface area (Å²) in [5.41, 5.74) is 0.621. The Morgan fingerprint density at radius 2 is 1.75 bits per heavy atom. The molecule has 0 radical (unpaired) electrons. The molecule has 7 nitrogen and oxygen atoms in total. The zero-order valence-electron chi connectivity index (χ0n) is 13.0. The molecular weight excluding hydrogens is 312 g/mol. The largest absolute Gasteiger partial charge is 0.467 e. The molecule has 2 rings (SSSR count). The van der Waals surface area contributed by atoms with E-state index in [0.29, 0.717) is 11.4 Å². The van der Waals surface area contributed by atoms with Gasteiger partial charge in [-0.25, -0.2) is 0 Å². The van der Waals surface area contributed by atoms with Crippen LogP contribution in [0.15, 0.2) is 53.1 Å². The summed E-state index contributed by atoms with van der Waals surface area (Å²) in [7, 11) is 0. The van der Waals surface area contributed by atoms with Crippen molar-refractivity contribution in [1.82, 2.24) is 5.32 Å². The summed E-state index contributed by atoms with van der Waals surface area (Å²) in [6.45, 7) is -0.123. The van der Waals surface area contributed by atoms with E-state index in [0.717, 1.165) is 0 Å². The van der Waals surface area contributed by atoms with Crippen LogP contribution in [0.5, 0.6) is 0 Å². The molecule has 0 saturated heterocycles. The molecule has 2 N–H and O–H groups in total. The van der Waals surface area contributed by atoms with Crippen LogP contribution in [0, 0.1) is 0 Å². The summed E-state index contributed by atoms with van der Waals surface area (Å²) >= 11 is 0. The highest BCUT2D eigenvalue weighted by Gasteiger charge is 2.11. The van der Waals surface area contributed by atoms with Crippen molar-refractivity contribution in [2.45, 2.75) is 19.4 Å². The van der Waals surface area contributed by atoms with Crippen LogP contribution in [0.1, 0.15) is 18.6 Å². The third-order valence-corrected chi connectivity index (χ3v) is 3.02. The monoisotopic (exact) mass is 330 g/mol. The maximum Gasteiger partial charge on any atom is 0.306 e. The number of anilines is 1. The molecular formula is C17H18N2O5. The summed E-state index contributed by atoms with van der Waals surface area (Å²) in [5, 5.41) is 5.21. The summed E-state index contributed by atoms with van der Waals surface area (Å²) < 4.78 is 9.90. The lowest BCUT2D eigenvalue weighted by Gasteiger charge is -2.06. The number of esters is 1. The van der Waals surface area contributed by atoms with Crippen molar-refractivity contribution in [2.75, 3.05) is 11.9 Å². The van der Waals surface area contributed by atoms with Crippen LogP contribution in [-0.2, 0) is 25.7 Å². The second-order valence-corrected chi connectivity index (χ2v) is 4.93. The van der Waals surface area contributed by atoms with E-state index in [9.17, 15) is 14.4 Å². The van der Waals surface area contributed by atoms with E-state index < -0.39 is 11.9 Å². The van der Waals surface area contributed by atoms with Crippen molar-refractivity contribution < 1.29 is 23.5 Å². The number of benzene rings is 1. The van der Waals surface area contributed by atoms with Gasteiger partial charge in [0.25, 0.3) is 5.91 Å². The Morgan fingerprint density at radius 3 is 2.46 bits per heavy atom. The molecule has 1 aromatic carbocycles. The minimum absolute atomic E-state index is 0.0140. The predicted octanol–water partition coefficient (Wildman–Crippen LogP) is 1.86. The zero-order valence-corrected chi connectivity index (χ0v) is 13.0. The molecule has 0 spiro atoms. The first kappa shape index (κ1) is 17.3. The van der Waals surface area contributed by atoms with Gasteiger partial charge in [0.1, 0.15) is 5.76 Å². The minimum atomic E-state index is -0.605. The van der Waals surface area contributed by atoms with Gasteiger partial charge in [-0.15, -0.1) is 0 Å². The van der Waals surface area contributed by atoms with Crippen molar-refractivity contribution in [2.24, 2.45) is 0 Å². The van der Waals surface area contributed by atoms with Crippen LogP contribution in [-0.4, -0.2) is 24.4 Å². The van der Waals surface area contributed by atoms with Gasteiger partial charge in [0.2, 0.25) is 5.91 Å². The molecule has 0 aliphatic heterocycles. The molecule has 2 amide bonds. The molecule has 0 saturated carbocycles. The number of carbonyl (C=O) groups is 3. The Bertz CT molecular complexity index is 668. The molecule has 0 unspecified atom stereocenters. The normalized spacial score (nSPS) is 10.0. The Morgan fingerprint density at radius 1 is 0.958 bits per heavy atom. The molecule has 7 heteroatoms. The Kier molecular flexibility index (Phi) is 6.58. The number of carbonyl (C=O) groups excluding carboxylic acids is 3. The van der Waals surface area contributed by atoms with E-state index in [1.807, 2.05) is 6.07 Å². The number of nitrogens with one attached hydrogen (secondary N) is 2. The number of para-hydroxylation sites is 1. The number of hydrogen-bond acceptors (Lipinski definition) is 5. The fourth-order valence-corrected chi connectivity index (χ4v) is 1.84. The van der Waals surface area contributed by atoms with Crippen molar-refractivity contribution in [3.05, 3.63) is 54.5 Å². The van der Waals surface area contributed by atoms with E-state index in [-0.39, 0.29) is 31.9 Å². The standard InChI is InChI=1S/C17H18N2O5/c20-15(18-11-14-7-4-10-23-14)8-9-17(22)24-12-16(21)19-13-5-2-1-3-6-13/h1-7,10H,8-9,11-12H2,(H,18,20)(H,19,21). The first-order chi connectivity index (χ1) is 11.6. The second kappa shape index (κ2) is 9.14. The molecule has 24 heavy (non-hydrogen) atoms. The second-order valence-electron chi connectivity index (χ2n) is 4.93. The highest BCUT2D eigenvalue weighted by atomic mass is 16.5.